The van der Waals surface area contributed by atoms with E-state index in [1.807, 2.05) is 11.8 Å². The van der Waals surface area contributed by atoms with E-state index in [0.717, 1.165) is 18.8 Å². The number of allylic oxidation sites excluding steroid dienone is 1. The second-order valence-corrected chi connectivity index (χ2v) is 3.38. The number of hydrogen-bond acceptors (Lipinski definition) is 3. The van der Waals surface area contributed by atoms with Crippen molar-refractivity contribution in [2.24, 2.45) is 4.99 Å². The molecule has 3 heteroatoms. The van der Waals surface area contributed by atoms with Crippen LogP contribution in [0.3, 0.4) is 0 Å². The Morgan fingerprint density at radius 3 is 3.40 bits per heavy atom. The first-order valence-electron chi connectivity index (χ1n) is 3.47. The predicted octanol–water partition coefficient (Wildman–Crippen LogP) is 1.31. The standard InChI is InChI=1S/C7H10N2S/c1-6-4-10-5-7-8-2-3-9(6)7/h4H,2-3,5H2,1H3. The maximum Gasteiger partial charge on any atom is 0.114 e. The summed E-state index contributed by atoms with van der Waals surface area (Å²) in [6, 6.07) is 0. The van der Waals surface area contributed by atoms with Crippen LogP contribution >= 0.6 is 11.8 Å². The topological polar surface area (TPSA) is 15.6 Å². The van der Waals surface area contributed by atoms with Crippen molar-refractivity contribution >= 4 is 17.6 Å². The van der Waals surface area contributed by atoms with Gasteiger partial charge in [-0.3, -0.25) is 4.99 Å². The molecule has 54 valence electrons. The minimum Gasteiger partial charge on any atom is -0.331 e. The fraction of sp³-hybridized carbons (Fsp3) is 0.571. The molecule has 0 spiro atoms. The fourth-order valence-electron chi connectivity index (χ4n) is 1.30. The van der Waals surface area contributed by atoms with Gasteiger partial charge in [-0.1, -0.05) is 0 Å². The zero-order chi connectivity index (χ0) is 6.97. The van der Waals surface area contributed by atoms with Gasteiger partial charge in [-0.05, 0) is 12.3 Å². The minimum absolute atomic E-state index is 0.987. The molecule has 0 aromatic rings. The average molecular weight is 154 g/mol. The molecule has 0 atom stereocenters. The van der Waals surface area contributed by atoms with Crippen LogP contribution in [0.1, 0.15) is 6.92 Å². The molecule has 2 rings (SSSR count). The monoisotopic (exact) mass is 154 g/mol. The third-order valence-corrected chi connectivity index (χ3v) is 2.75. The normalized spacial score (nSPS) is 23.9. The summed E-state index contributed by atoms with van der Waals surface area (Å²) >= 11 is 1.84. The van der Waals surface area contributed by atoms with Crippen LogP contribution in [-0.4, -0.2) is 29.6 Å². The van der Waals surface area contributed by atoms with Gasteiger partial charge >= 0.3 is 0 Å². The van der Waals surface area contributed by atoms with Gasteiger partial charge in [-0.2, -0.15) is 0 Å². The lowest BCUT2D eigenvalue weighted by molar-refractivity contribution is 0.560. The molecule has 0 amide bonds. The number of nitrogens with zero attached hydrogens (tertiary/aromatic N) is 2. The summed E-state index contributed by atoms with van der Waals surface area (Å²) in [4.78, 5) is 6.69. The lowest BCUT2D eigenvalue weighted by atomic mass is 10.4. The van der Waals surface area contributed by atoms with E-state index in [1.165, 1.54) is 11.5 Å². The predicted molar refractivity (Wildman–Crippen MR) is 45.2 cm³/mol. The number of rotatable bonds is 0. The summed E-state index contributed by atoms with van der Waals surface area (Å²) in [5.74, 6) is 2.34. The van der Waals surface area contributed by atoms with Gasteiger partial charge in [0, 0.05) is 12.2 Å². The highest BCUT2D eigenvalue weighted by molar-refractivity contribution is 8.02. The van der Waals surface area contributed by atoms with Gasteiger partial charge in [0.05, 0.1) is 12.3 Å². The van der Waals surface area contributed by atoms with Crippen molar-refractivity contribution in [1.29, 1.82) is 0 Å². The highest BCUT2D eigenvalue weighted by atomic mass is 32.2. The Morgan fingerprint density at radius 1 is 1.70 bits per heavy atom. The molecule has 0 radical (unpaired) electrons. The van der Waals surface area contributed by atoms with E-state index >= 15 is 0 Å². The molecule has 0 N–H and O–H groups in total. The molecule has 2 aliphatic rings. The van der Waals surface area contributed by atoms with E-state index in [2.05, 4.69) is 22.2 Å². The summed E-state index contributed by atoms with van der Waals surface area (Å²) in [7, 11) is 0. The number of hydrogen-bond donors (Lipinski definition) is 0. The fourth-order valence-corrected chi connectivity index (χ4v) is 2.15. The zero-order valence-electron chi connectivity index (χ0n) is 6.00. The van der Waals surface area contributed by atoms with Gasteiger partial charge in [0.25, 0.3) is 0 Å². The number of fused-ring (bicyclic) bond motifs is 1. The maximum absolute atomic E-state index is 4.39. The highest BCUT2D eigenvalue weighted by Crippen LogP contribution is 2.22. The highest BCUT2D eigenvalue weighted by Gasteiger charge is 2.20. The molecule has 0 aliphatic carbocycles. The molecule has 0 saturated carbocycles. The van der Waals surface area contributed by atoms with Gasteiger partial charge in [-0.25, -0.2) is 0 Å². The SMILES string of the molecule is CC1=CSCC2=NCCN12. The van der Waals surface area contributed by atoms with Crippen LogP contribution < -0.4 is 0 Å². The van der Waals surface area contributed by atoms with E-state index in [4.69, 9.17) is 0 Å². The maximum atomic E-state index is 4.39. The van der Waals surface area contributed by atoms with E-state index in [-0.39, 0.29) is 0 Å². The molecule has 2 aliphatic heterocycles. The van der Waals surface area contributed by atoms with Gasteiger partial charge in [0.1, 0.15) is 5.84 Å². The lowest BCUT2D eigenvalue weighted by Gasteiger charge is -2.23. The second-order valence-electron chi connectivity index (χ2n) is 2.52. The average Bonchev–Trinajstić information content (AvgIpc) is 2.36. The molecule has 0 aromatic heterocycles. The molecule has 2 nitrogen and oxygen atoms in total. The third-order valence-electron chi connectivity index (χ3n) is 1.82. The van der Waals surface area contributed by atoms with Crippen LogP contribution in [0, 0.1) is 0 Å². The van der Waals surface area contributed by atoms with Crippen molar-refractivity contribution in [2.45, 2.75) is 6.92 Å². The number of thioether (sulfide) groups is 1. The number of amidine groups is 1. The summed E-state index contributed by atoms with van der Waals surface area (Å²) < 4.78 is 0. The van der Waals surface area contributed by atoms with E-state index in [9.17, 15) is 0 Å². The van der Waals surface area contributed by atoms with Gasteiger partial charge in [-0.15, -0.1) is 11.8 Å². The van der Waals surface area contributed by atoms with E-state index < -0.39 is 0 Å². The smallest absolute Gasteiger partial charge is 0.114 e. The first-order chi connectivity index (χ1) is 4.88. The molecule has 2 heterocycles. The Bertz CT molecular complexity index is 208. The third kappa shape index (κ3) is 0.850. The van der Waals surface area contributed by atoms with Crippen molar-refractivity contribution in [3.63, 3.8) is 0 Å². The molecular formula is C7H10N2S. The van der Waals surface area contributed by atoms with Crippen molar-refractivity contribution in [3.8, 4) is 0 Å². The second kappa shape index (κ2) is 2.31. The van der Waals surface area contributed by atoms with Gasteiger partial charge < -0.3 is 4.90 Å². The summed E-state index contributed by atoms with van der Waals surface area (Å²) in [6.45, 7) is 4.23. The molecule has 0 aromatic carbocycles. The minimum atomic E-state index is 0.987. The van der Waals surface area contributed by atoms with Crippen LogP contribution in [0.4, 0.5) is 0 Å². The Hall–Kier alpha value is -0.440. The Balaban J connectivity index is 2.28. The van der Waals surface area contributed by atoms with Crippen molar-refractivity contribution in [1.82, 2.24) is 4.90 Å². The molecule has 0 unspecified atom stereocenters. The largest absolute Gasteiger partial charge is 0.331 e. The van der Waals surface area contributed by atoms with Crippen LogP contribution in [0.25, 0.3) is 0 Å². The molecule has 0 fully saturated rings. The van der Waals surface area contributed by atoms with E-state index in [1.54, 1.807) is 0 Å². The molecule has 0 bridgehead atoms. The molecular weight excluding hydrogens is 144 g/mol. The molecule has 10 heavy (non-hydrogen) atoms. The Morgan fingerprint density at radius 2 is 2.60 bits per heavy atom. The van der Waals surface area contributed by atoms with Crippen molar-refractivity contribution in [3.05, 3.63) is 11.1 Å². The first-order valence-corrected chi connectivity index (χ1v) is 4.52. The van der Waals surface area contributed by atoms with E-state index in [0.29, 0.717) is 0 Å². The van der Waals surface area contributed by atoms with Gasteiger partial charge in [0.2, 0.25) is 0 Å². The number of aliphatic imine (C=N–C) groups is 1. The van der Waals surface area contributed by atoms with Gasteiger partial charge in [0.15, 0.2) is 0 Å². The Kier molecular flexibility index (Phi) is 1.45. The van der Waals surface area contributed by atoms with Crippen molar-refractivity contribution < 1.29 is 0 Å². The zero-order valence-corrected chi connectivity index (χ0v) is 6.82. The summed E-state index contributed by atoms with van der Waals surface area (Å²) in [6.07, 6.45) is 0. The van der Waals surface area contributed by atoms with Crippen LogP contribution in [0.15, 0.2) is 16.1 Å². The lowest BCUT2D eigenvalue weighted by Crippen LogP contribution is -2.29. The molecule has 0 saturated heterocycles. The summed E-state index contributed by atoms with van der Waals surface area (Å²) in [5, 5.41) is 2.21. The first kappa shape index (κ1) is 6.28. The van der Waals surface area contributed by atoms with Crippen LogP contribution in [0.2, 0.25) is 0 Å². The van der Waals surface area contributed by atoms with Crippen molar-refractivity contribution in [2.75, 3.05) is 18.8 Å². The van der Waals surface area contributed by atoms with Crippen LogP contribution in [0.5, 0.6) is 0 Å². The Labute approximate surface area is 65.0 Å². The van der Waals surface area contributed by atoms with Crippen LogP contribution in [-0.2, 0) is 0 Å². The quantitative estimate of drug-likeness (QED) is 0.523. The summed E-state index contributed by atoms with van der Waals surface area (Å²) in [5.41, 5.74) is 1.35.